The molecular weight excluding hydrogens is 300 g/mol. The molecular formula is C20H24N2O2. The van der Waals surface area contributed by atoms with Crippen LogP contribution < -0.4 is 9.64 Å². The molecule has 1 saturated heterocycles. The second kappa shape index (κ2) is 7.49. The zero-order valence-electron chi connectivity index (χ0n) is 14.4. The van der Waals surface area contributed by atoms with E-state index in [1.165, 1.54) is 5.56 Å². The number of hydrogen-bond acceptors (Lipinski definition) is 4. The van der Waals surface area contributed by atoms with Crippen molar-refractivity contribution >= 4 is 11.5 Å². The van der Waals surface area contributed by atoms with Crippen molar-refractivity contribution < 1.29 is 9.53 Å². The Morgan fingerprint density at radius 1 is 1.00 bits per heavy atom. The molecule has 2 aromatic rings. The minimum Gasteiger partial charge on any atom is -0.494 e. The van der Waals surface area contributed by atoms with Crippen molar-refractivity contribution in [1.29, 1.82) is 0 Å². The zero-order valence-corrected chi connectivity index (χ0v) is 14.4. The molecule has 0 radical (unpaired) electrons. The summed E-state index contributed by atoms with van der Waals surface area (Å²) < 4.78 is 5.54. The van der Waals surface area contributed by atoms with Gasteiger partial charge in [0.05, 0.1) is 18.4 Å². The molecule has 3 rings (SSSR count). The quantitative estimate of drug-likeness (QED) is 0.791. The van der Waals surface area contributed by atoms with Crippen molar-refractivity contribution in [3.63, 3.8) is 0 Å². The average molecular weight is 324 g/mol. The van der Waals surface area contributed by atoms with Crippen LogP contribution in [0.15, 0.2) is 48.5 Å². The normalized spacial score (nSPS) is 15.3. The molecule has 1 fully saturated rings. The SMILES string of the molecule is COc1c(C(C)=O)cccc1N1CCN(Cc2ccccc2)CC1. The van der Waals surface area contributed by atoms with E-state index in [-0.39, 0.29) is 5.78 Å². The topological polar surface area (TPSA) is 32.8 Å². The van der Waals surface area contributed by atoms with Gasteiger partial charge in [0.25, 0.3) is 0 Å². The van der Waals surface area contributed by atoms with Crippen LogP contribution in [0.2, 0.25) is 0 Å². The van der Waals surface area contributed by atoms with Gasteiger partial charge in [-0.15, -0.1) is 0 Å². The summed E-state index contributed by atoms with van der Waals surface area (Å²) in [7, 11) is 1.64. The summed E-state index contributed by atoms with van der Waals surface area (Å²) >= 11 is 0. The first-order chi connectivity index (χ1) is 11.7. The van der Waals surface area contributed by atoms with Crippen LogP contribution in [0.5, 0.6) is 5.75 Å². The molecule has 0 unspecified atom stereocenters. The number of Topliss-reactive ketones (excluding diaryl/α,β-unsaturated/α-hetero) is 1. The predicted octanol–water partition coefficient (Wildman–Crippen LogP) is 3.22. The lowest BCUT2D eigenvalue weighted by Crippen LogP contribution is -2.46. The summed E-state index contributed by atoms with van der Waals surface area (Å²) in [5.74, 6) is 0.734. The van der Waals surface area contributed by atoms with E-state index in [1.54, 1.807) is 14.0 Å². The number of carbonyl (C=O) groups excluding carboxylic acids is 1. The molecule has 0 saturated carbocycles. The minimum absolute atomic E-state index is 0.0383. The van der Waals surface area contributed by atoms with Gasteiger partial charge in [-0.25, -0.2) is 0 Å². The Hall–Kier alpha value is -2.33. The molecule has 1 aliphatic heterocycles. The Morgan fingerprint density at radius 2 is 1.71 bits per heavy atom. The van der Waals surface area contributed by atoms with Gasteiger partial charge in [-0.05, 0) is 24.6 Å². The smallest absolute Gasteiger partial charge is 0.163 e. The number of para-hydroxylation sites is 1. The van der Waals surface area contributed by atoms with E-state index in [2.05, 4.69) is 40.1 Å². The van der Waals surface area contributed by atoms with Crippen LogP contribution in [0.4, 0.5) is 5.69 Å². The summed E-state index contributed by atoms with van der Waals surface area (Å²) in [5.41, 5.74) is 3.02. The van der Waals surface area contributed by atoms with E-state index < -0.39 is 0 Å². The van der Waals surface area contributed by atoms with Crippen LogP contribution in [0.3, 0.4) is 0 Å². The summed E-state index contributed by atoms with van der Waals surface area (Å²) in [6.45, 7) is 6.44. The number of carbonyl (C=O) groups is 1. The molecule has 0 aliphatic carbocycles. The van der Waals surface area contributed by atoms with Gasteiger partial charge in [-0.3, -0.25) is 9.69 Å². The number of anilines is 1. The van der Waals surface area contributed by atoms with Gasteiger partial charge in [0.15, 0.2) is 11.5 Å². The second-order valence-electron chi connectivity index (χ2n) is 6.16. The predicted molar refractivity (Wildman–Crippen MR) is 96.9 cm³/mol. The average Bonchev–Trinajstić information content (AvgIpc) is 2.62. The van der Waals surface area contributed by atoms with Crippen molar-refractivity contribution in [3.05, 3.63) is 59.7 Å². The van der Waals surface area contributed by atoms with E-state index in [9.17, 15) is 4.79 Å². The van der Waals surface area contributed by atoms with Gasteiger partial charge in [0.2, 0.25) is 0 Å². The number of methoxy groups -OCH3 is 1. The van der Waals surface area contributed by atoms with Crippen molar-refractivity contribution in [3.8, 4) is 5.75 Å². The van der Waals surface area contributed by atoms with Gasteiger partial charge < -0.3 is 9.64 Å². The Morgan fingerprint density at radius 3 is 2.33 bits per heavy atom. The summed E-state index contributed by atoms with van der Waals surface area (Å²) in [4.78, 5) is 16.6. The van der Waals surface area contributed by atoms with Crippen molar-refractivity contribution in [2.24, 2.45) is 0 Å². The molecule has 4 nitrogen and oxygen atoms in total. The number of rotatable bonds is 5. The molecule has 0 atom stereocenters. The molecule has 0 amide bonds. The lowest BCUT2D eigenvalue weighted by Gasteiger charge is -2.36. The van der Waals surface area contributed by atoms with E-state index >= 15 is 0 Å². The van der Waals surface area contributed by atoms with Crippen LogP contribution in [0.1, 0.15) is 22.8 Å². The third kappa shape index (κ3) is 3.60. The monoisotopic (exact) mass is 324 g/mol. The number of piperazine rings is 1. The van der Waals surface area contributed by atoms with Crippen LogP contribution in [-0.2, 0) is 6.54 Å². The first kappa shape index (κ1) is 16.5. The van der Waals surface area contributed by atoms with Crippen LogP contribution >= 0.6 is 0 Å². The van der Waals surface area contributed by atoms with Crippen LogP contribution in [0, 0.1) is 0 Å². The van der Waals surface area contributed by atoms with Gasteiger partial charge in [0, 0.05) is 32.7 Å². The number of hydrogen-bond donors (Lipinski definition) is 0. The highest BCUT2D eigenvalue weighted by molar-refractivity contribution is 5.98. The van der Waals surface area contributed by atoms with Gasteiger partial charge in [0.1, 0.15) is 0 Å². The number of benzene rings is 2. The molecule has 0 N–H and O–H groups in total. The molecule has 0 bridgehead atoms. The van der Waals surface area contributed by atoms with Crippen LogP contribution in [0.25, 0.3) is 0 Å². The Bertz CT molecular complexity index is 692. The first-order valence-electron chi connectivity index (χ1n) is 8.38. The van der Waals surface area contributed by atoms with Crippen molar-refractivity contribution in [2.45, 2.75) is 13.5 Å². The Kier molecular flexibility index (Phi) is 5.16. The van der Waals surface area contributed by atoms with E-state index in [4.69, 9.17) is 4.74 Å². The zero-order chi connectivity index (χ0) is 16.9. The maximum absolute atomic E-state index is 11.8. The lowest BCUT2D eigenvalue weighted by atomic mass is 10.1. The first-order valence-corrected chi connectivity index (χ1v) is 8.38. The summed E-state index contributed by atoms with van der Waals surface area (Å²) in [6.07, 6.45) is 0. The fraction of sp³-hybridized carbons (Fsp3) is 0.350. The molecule has 0 aromatic heterocycles. The van der Waals surface area contributed by atoms with Gasteiger partial charge in [-0.1, -0.05) is 36.4 Å². The number of ketones is 1. The highest BCUT2D eigenvalue weighted by Crippen LogP contribution is 2.33. The molecule has 24 heavy (non-hydrogen) atoms. The number of nitrogens with zero attached hydrogens (tertiary/aromatic N) is 2. The fourth-order valence-electron chi connectivity index (χ4n) is 3.25. The third-order valence-corrected chi connectivity index (χ3v) is 4.54. The molecule has 4 heteroatoms. The summed E-state index contributed by atoms with van der Waals surface area (Å²) in [6, 6.07) is 16.4. The van der Waals surface area contributed by atoms with Gasteiger partial charge in [-0.2, -0.15) is 0 Å². The Labute approximate surface area is 143 Å². The standard InChI is InChI=1S/C20H24N2O2/c1-16(23)18-9-6-10-19(20(18)24-2)22-13-11-21(12-14-22)15-17-7-4-3-5-8-17/h3-10H,11-15H2,1-2H3. The minimum atomic E-state index is 0.0383. The Balaban J connectivity index is 1.69. The third-order valence-electron chi connectivity index (χ3n) is 4.54. The van der Waals surface area contributed by atoms with Crippen LogP contribution in [-0.4, -0.2) is 44.0 Å². The van der Waals surface area contributed by atoms with E-state index in [0.29, 0.717) is 11.3 Å². The van der Waals surface area contributed by atoms with Gasteiger partial charge >= 0.3 is 0 Å². The highest BCUT2D eigenvalue weighted by atomic mass is 16.5. The van der Waals surface area contributed by atoms with E-state index in [0.717, 1.165) is 38.4 Å². The summed E-state index contributed by atoms with van der Waals surface area (Å²) in [5, 5.41) is 0. The molecule has 1 aliphatic rings. The molecule has 0 spiro atoms. The molecule has 1 heterocycles. The molecule has 2 aromatic carbocycles. The lowest BCUT2D eigenvalue weighted by molar-refractivity contribution is 0.101. The maximum atomic E-state index is 11.8. The second-order valence-corrected chi connectivity index (χ2v) is 6.16. The molecule has 126 valence electrons. The fourth-order valence-corrected chi connectivity index (χ4v) is 3.25. The maximum Gasteiger partial charge on any atom is 0.163 e. The van der Waals surface area contributed by atoms with Crippen molar-refractivity contribution in [2.75, 3.05) is 38.2 Å². The largest absolute Gasteiger partial charge is 0.494 e. The highest BCUT2D eigenvalue weighted by Gasteiger charge is 2.22. The number of ether oxygens (including phenoxy) is 1. The van der Waals surface area contributed by atoms with E-state index in [1.807, 2.05) is 18.2 Å². The van der Waals surface area contributed by atoms with Crippen molar-refractivity contribution in [1.82, 2.24) is 4.90 Å².